The van der Waals surface area contributed by atoms with E-state index < -0.39 is 41.3 Å². The molecule has 0 unspecified atom stereocenters. The molecule has 0 saturated carbocycles. The van der Waals surface area contributed by atoms with Crippen molar-refractivity contribution in [2.75, 3.05) is 68.0 Å². The van der Waals surface area contributed by atoms with Gasteiger partial charge in [-0.25, -0.2) is 19.6 Å². The molecule has 5 rings (SSSR count). The maximum atomic E-state index is 13.2. The third-order valence-electron chi connectivity index (χ3n) is 7.27. The standard InChI is InChI=1S/C27H29F6N9O4S/c28-26(29,30)17-13-18(27(31,32)33)15-20(14-17)36-24(43)42-9-7-41(8-10-42)21-22(39-47-38-21)46-16-19-3-4-34-23(35-19)37-25(44)45-12-11-40-5-1-2-6-40/h3-4,13-15H,1-2,5-12,16H2,(H,36,43)(H,34,35,37,44). The van der Waals surface area contributed by atoms with E-state index in [2.05, 4.69) is 34.2 Å². The number of carbonyl (C=O) groups is 2. The predicted octanol–water partition coefficient (Wildman–Crippen LogP) is 4.94. The van der Waals surface area contributed by atoms with Crippen LogP contribution in [0.2, 0.25) is 0 Å². The quantitative estimate of drug-likeness (QED) is 0.297. The Morgan fingerprint density at radius 3 is 2.23 bits per heavy atom. The number of hydrogen-bond donors (Lipinski definition) is 2. The van der Waals surface area contributed by atoms with E-state index in [-0.39, 0.29) is 57.3 Å². The highest BCUT2D eigenvalue weighted by Gasteiger charge is 2.37. The molecule has 0 radical (unpaired) electrons. The van der Waals surface area contributed by atoms with Crippen LogP contribution in [0.25, 0.3) is 0 Å². The highest BCUT2D eigenvalue weighted by molar-refractivity contribution is 6.99. The fraction of sp³-hybridized carbons (Fsp3) is 0.481. The Morgan fingerprint density at radius 2 is 1.57 bits per heavy atom. The van der Waals surface area contributed by atoms with E-state index in [9.17, 15) is 35.9 Å². The van der Waals surface area contributed by atoms with E-state index >= 15 is 0 Å². The van der Waals surface area contributed by atoms with Gasteiger partial charge in [0.05, 0.1) is 28.5 Å². The smallest absolute Gasteiger partial charge is 0.416 e. The van der Waals surface area contributed by atoms with Crippen molar-refractivity contribution < 1.29 is 45.4 Å². The number of alkyl halides is 6. The number of piperazine rings is 1. The van der Waals surface area contributed by atoms with Crippen molar-refractivity contribution >= 4 is 41.3 Å². The lowest BCUT2D eigenvalue weighted by Crippen LogP contribution is -2.50. The average molecular weight is 690 g/mol. The number of nitrogens with zero attached hydrogens (tertiary/aromatic N) is 7. The lowest BCUT2D eigenvalue weighted by Gasteiger charge is -2.34. The number of nitrogens with one attached hydrogen (secondary N) is 2. The van der Waals surface area contributed by atoms with Crippen molar-refractivity contribution in [2.24, 2.45) is 0 Å². The second-order valence-corrected chi connectivity index (χ2v) is 11.1. The van der Waals surface area contributed by atoms with Gasteiger partial charge in [0, 0.05) is 44.6 Å². The topological polar surface area (TPSA) is 138 Å². The van der Waals surface area contributed by atoms with Crippen LogP contribution >= 0.6 is 11.7 Å². The summed E-state index contributed by atoms with van der Waals surface area (Å²) in [7, 11) is 0. The van der Waals surface area contributed by atoms with Crippen LogP contribution < -0.4 is 20.3 Å². The minimum atomic E-state index is -5.04. The monoisotopic (exact) mass is 689 g/mol. The first-order valence-electron chi connectivity index (χ1n) is 14.4. The fourth-order valence-electron chi connectivity index (χ4n) is 4.89. The van der Waals surface area contributed by atoms with Crippen LogP contribution in [0.1, 0.15) is 29.7 Å². The molecule has 2 aliphatic heterocycles. The molecule has 0 atom stereocenters. The van der Waals surface area contributed by atoms with Gasteiger partial charge in [0.15, 0.2) is 0 Å². The van der Waals surface area contributed by atoms with Crippen LogP contribution in [0.4, 0.5) is 53.4 Å². The van der Waals surface area contributed by atoms with Gasteiger partial charge in [-0.05, 0) is 50.2 Å². The highest BCUT2D eigenvalue weighted by Crippen LogP contribution is 2.37. The summed E-state index contributed by atoms with van der Waals surface area (Å²) in [6, 6.07) is 1.63. The van der Waals surface area contributed by atoms with Gasteiger partial charge in [-0.3, -0.25) is 10.2 Å². The van der Waals surface area contributed by atoms with Crippen molar-refractivity contribution in [1.29, 1.82) is 0 Å². The zero-order chi connectivity index (χ0) is 33.6. The number of ether oxygens (including phenoxy) is 2. The second-order valence-electron chi connectivity index (χ2n) is 10.6. The predicted molar refractivity (Wildman–Crippen MR) is 156 cm³/mol. The van der Waals surface area contributed by atoms with Gasteiger partial charge in [0.2, 0.25) is 11.8 Å². The summed E-state index contributed by atoms with van der Waals surface area (Å²) in [5, 5.41) is 4.63. The molecule has 47 heavy (non-hydrogen) atoms. The Bertz CT molecular complexity index is 1510. The summed E-state index contributed by atoms with van der Waals surface area (Å²) < 4.78 is 98.6. The summed E-state index contributed by atoms with van der Waals surface area (Å²) in [4.78, 5) is 38.4. The van der Waals surface area contributed by atoms with Crippen LogP contribution in [-0.4, -0.2) is 93.1 Å². The zero-order valence-corrected chi connectivity index (χ0v) is 25.4. The molecule has 3 aromatic rings. The van der Waals surface area contributed by atoms with Crippen LogP contribution in [-0.2, 0) is 23.7 Å². The number of urea groups is 1. The highest BCUT2D eigenvalue weighted by atomic mass is 32.1. The summed E-state index contributed by atoms with van der Waals surface area (Å²) in [5.41, 5.74) is -3.26. The Morgan fingerprint density at radius 1 is 0.894 bits per heavy atom. The SMILES string of the molecule is O=C(Nc1nccc(COc2nsnc2N2CCN(C(=O)Nc3cc(C(F)(F)F)cc(C(F)(F)F)c3)CC2)n1)OCCN1CCCC1. The number of aromatic nitrogens is 4. The molecular weight excluding hydrogens is 660 g/mol. The van der Waals surface area contributed by atoms with E-state index in [1.807, 2.05) is 0 Å². The van der Waals surface area contributed by atoms with Crippen LogP contribution in [0.15, 0.2) is 30.5 Å². The first kappa shape index (κ1) is 33.9. The van der Waals surface area contributed by atoms with E-state index in [0.29, 0.717) is 30.2 Å². The number of halogens is 6. The minimum absolute atomic E-state index is 0.00950. The number of amides is 3. The van der Waals surface area contributed by atoms with E-state index in [1.165, 1.54) is 11.1 Å². The first-order chi connectivity index (χ1) is 22.3. The molecule has 2 N–H and O–H groups in total. The Balaban J connectivity index is 1.11. The van der Waals surface area contributed by atoms with Gasteiger partial charge in [-0.2, -0.15) is 30.7 Å². The molecule has 13 nitrogen and oxygen atoms in total. The van der Waals surface area contributed by atoms with E-state index in [1.54, 1.807) is 11.0 Å². The number of carbonyl (C=O) groups excluding carboxylic acids is 2. The van der Waals surface area contributed by atoms with Gasteiger partial charge in [0.25, 0.3) is 5.88 Å². The maximum absolute atomic E-state index is 13.2. The van der Waals surface area contributed by atoms with Gasteiger partial charge in [0.1, 0.15) is 13.2 Å². The van der Waals surface area contributed by atoms with Gasteiger partial charge in [-0.15, -0.1) is 4.37 Å². The Labute approximate surface area is 268 Å². The first-order valence-corrected chi connectivity index (χ1v) is 15.1. The van der Waals surface area contributed by atoms with Crippen molar-refractivity contribution in [2.45, 2.75) is 31.8 Å². The van der Waals surface area contributed by atoms with Gasteiger partial charge in [-0.1, -0.05) is 0 Å². The molecule has 2 aromatic heterocycles. The molecule has 2 fully saturated rings. The van der Waals surface area contributed by atoms with Crippen LogP contribution in [0, 0.1) is 0 Å². The van der Waals surface area contributed by atoms with E-state index in [0.717, 1.165) is 37.7 Å². The Kier molecular flexibility index (Phi) is 10.5. The number of rotatable bonds is 9. The Hall–Kier alpha value is -4.46. The molecule has 0 bridgehead atoms. The molecule has 20 heteroatoms. The summed E-state index contributed by atoms with van der Waals surface area (Å²) in [6.45, 7) is 3.46. The normalized spacial score (nSPS) is 15.9. The summed E-state index contributed by atoms with van der Waals surface area (Å²) in [5.74, 6) is 0.603. The van der Waals surface area contributed by atoms with Crippen molar-refractivity contribution in [3.8, 4) is 5.88 Å². The molecule has 254 valence electrons. The lowest BCUT2D eigenvalue weighted by molar-refractivity contribution is -0.143. The summed E-state index contributed by atoms with van der Waals surface area (Å²) >= 11 is 0.886. The maximum Gasteiger partial charge on any atom is 0.416 e. The molecule has 2 saturated heterocycles. The number of anilines is 3. The van der Waals surface area contributed by atoms with Crippen molar-refractivity contribution in [1.82, 2.24) is 28.5 Å². The zero-order valence-electron chi connectivity index (χ0n) is 24.6. The fourth-order valence-corrected chi connectivity index (χ4v) is 5.41. The average Bonchev–Trinajstić information content (AvgIpc) is 3.72. The third-order valence-corrected chi connectivity index (χ3v) is 7.77. The number of likely N-dealkylation sites (tertiary alicyclic amines) is 1. The summed E-state index contributed by atoms with van der Waals surface area (Å²) in [6.07, 6.45) is -7.04. The van der Waals surface area contributed by atoms with Gasteiger partial charge < -0.3 is 24.6 Å². The molecule has 2 aliphatic rings. The van der Waals surface area contributed by atoms with E-state index in [4.69, 9.17) is 9.47 Å². The third kappa shape index (κ3) is 9.31. The lowest BCUT2D eigenvalue weighted by atomic mass is 10.1. The van der Waals surface area contributed by atoms with Crippen molar-refractivity contribution in [3.63, 3.8) is 0 Å². The number of benzene rings is 1. The van der Waals surface area contributed by atoms with Crippen molar-refractivity contribution in [3.05, 3.63) is 47.3 Å². The molecule has 0 spiro atoms. The van der Waals surface area contributed by atoms with Crippen LogP contribution in [0.5, 0.6) is 5.88 Å². The molecule has 4 heterocycles. The van der Waals surface area contributed by atoms with Crippen LogP contribution in [0.3, 0.4) is 0 Å². The number of hydrogen-bond acceptors (Lipinski definition) is 11. The minimum Gasteiger partial charge on any atom is -0.468 e. The largest absolute Gasteiger partial charge is 0.468 e. The molecule has 0 aliphatic carbocycles. The molecule has 1 aromatic carbocycles. The second kappa shape index (κ2) is 14.5. The molecular formula is C27H29F6N9O4S. The van der Waals surface area contributed by atoms with Gasteiger partial charge >= 0.3 is 24.5 Å². The molecule has 3 amide bonds.